The van der Waals surface area contributed by atoms with Crippen molar-refractivity contribution in [2.45, 2.75) is 57.4 Å². The molecule has 0 spiro atoms. The molecule has 1 unspecified atom stereocenters. The average molecular weight is 437 g/mol. The largest absolute Gasteiger partial charge is 0.482 e. The van der Waals surface area contributed by atoms with Crippen LogP contribution in [0.25, 0.3) is 5.57 Å². The molecule has 6 heteroatoms. The number of fused-ring (bicyclic) bond motifs is 1. The highest BCUT2D eigenvalue weighted by Crippen LogP contribution is 2.36. The number of rotatable bonds is 10. The zero-order valence-corrected chi connectivity index (χ0v) is 18.5. The molecule has 1 fully saturated rings. The van der Waals surface area contributed by atoms with Gasteiger partial charge in [0.15, 0.2) is 6.61 Å². The molecule has 6 nitrogen and oxygen atoms in total. The van der Waals surface area contributed by atoms with Crippen LogP contribution in [-0.4, -0.2) is 29.3 Å². The van der Waals surface area contributed by atoms with Gasteiger partial charge in [-0.3, -0.25) is 9.82 Å². The van der Waals surface area contributed by atoms with Crippen LogP contribution in [0.15, 0.2) is 48.8 Å². The summed E-state index contributed by atoms with van der Waals surface area (Å²) in [6.45, 7) is 0.148. The molecule has 0 radical (unpaired) electrons. The van der Waals surface area contributed by atoms with Crippen molar-refractivity contribution in [2.24, 2.45) is 5.92 Å². The number of pyridine rings is 1. The summed E-state index contributed by atoms with van der Waals surface area (Å²) in [6.07, 6.45) is 15.1. The summed E-state index contributed by atoms with van der Waals surface area (Å²) < 4.78 is 5.51. The van der Waals surface area contributed by atoms with Gasteiger partial charge in [-0.05, 0) is 60.4 Å². The molecule has 0 saturated heterocycles. The van der Waals surface area contributed by atoms with Gasteiger partial charge in [-0.1, -0.05) is 50.0 Å². The lowest BCUT2D eigenvalue weighted by Crippen LogP contribution is -2.24. The third-order valence-corrected chi connectivity index (χ3v) is 6.47. The van der Waals surface area contributed by atoms with Crippen LogP contribution in [0.3, 0.4) is 0 Å². The van der Waals surface area contributed by atoms with E-state index in [1.54, 1.807) is 6.20 Å². The minimum atomic E-state index is -0.963. The van der Waals surface area contributed by atoms with E-state index in [0.717, 1.165) is 48.3 Å². The third kappa shape index (κ3) is 5.96. The van der Waals surface area contributed by atoms with Crippen LogP contribution in [0.5, 0.6) is 5.75 Å². The number of hydrogen-bond acceptors (Lipinski definition) is 5. The predicted octanol–water partition coefficient (Wildman–Crippen LogP) is 5.11. The van der Waals surface area contributed by atoms with E-state index in [0.29, 0.717) is 12.4 Å². The van der Waals surface area contributed by atoms with Crippen molar-refractivity contribution >= 4 is 11.5 Å². The van der Waals surface area contributed by atoms with Crippen LogP contribution >= 0.6 is 0 Å². The second kappa shape index (κ2) is 11.2. The molecule has 0 amide bonds. The second-order valence-electron chi connectivity index (χ2n) is 8.70. The number of aliphatic carboxylic acids is 1. The van der Waals surface area contributed by atoms with Crippen molar-refractivity contribution < 1.29 is 19.5 Å². The highest BCUT2D eigenvalue weighted by Gasteiger charge is 2.22. The van der Waals surface area contributed by atoms with Crippen LogP contribution < -0.4 is 10.2 Å². The van der Waals surface area contributed by atoms with Gasteiger partial charge in [0, 0.05) is 18.0 Å². The lowest BCUT2D eigenvalue weighted by Gasteiger charge is -2.23. The lowest BCUT2D eigenvalue weighted by molar-refractivity contribution is -0.139. The van der Waals surface area contributed by atoms with E-state index in [-0.39, 0.29) is 12.6 Å². The van der Waals surface area contributed by atoms with Gasteiger partial charge in [-0.25, -0.2) is 4.79 Å². The van der Waals surface area contributed by atoms with Crippen LogP contribution in [0.4, 0.5) is 0 Å². The zero-order valence-electron chi connectivity index (χ0n) is 18.5. The Morgan fingerprint density at radius 2 is 2.06 bits per heavy atom. The Morgan fingerprint density at radius 3 is 2.84 bits per heavy atom. The first-order chi connectivity index (χ1) is 15.7. The smallest absolute Gasteiger partial charge is 0.341 e. The summed E-state index contributed by atoms with van der Waals surface area (Å²) in [4.78, 5) is 21.1. The number of carboxylic acid groups (broad SMARTS) is 1. The van der Waals surface area contributed by atoms with Crippen LogP contribution in [0.2, 0.25) is 0 Å². The summed E-state index contributed by atoms with van der Waals surface area (Å²) >= 11 is 0. The van der Waals surface area contributed by atoms with Crippen LogP contribution in [0, 0.1) is 5.92 Å². The van der Waals surface area contributed by atoms with Crippen LogP contribution in [0.1, 0.15) is 67.7 Å². The van der Waals surface area contributed by atoms with Crippen molar-refractivity contribution in [2.75, 3.05) is 13.2 Å². The zero-order chi connectivity index (χ0) is 22.2. The van der Waals surface area contributed by atoms with Gasteiger partial charge in [0.25, 0.3) is 0 Å². The molecule has 0 bridgehead atoms. The summed E-state index contributed by atoms with van der Waals surface area (Å²) in [5, 5.41) is 8.93. The fourth-order valence-corrected chi connectivity index (χ4v) is 4.91. The van der Waals surface area contributed by atoms with Crippen molar-refractivity contribution in [1.29, 1.82) is 0 Å². The van der Waals surface area contributed by atoms with E-state index in [4.69, 9.17) is 14.7 Å². The SMILES string of the molecule is O=C(O)COc1cccc2c1CCCC2=CCONC(CC1CCCC1)c1cccnc1. The maximum Gasteiger partial charge on any atom is 0.341 e. The van der Waals surface area contributed by atoms with E-state index in [1.807, 2.05) is 24.4 Å². The van der Waals surface area contributed by atoms with Gasteiger partial charge in [-0.2, -0.15) is 5.48 Å². The third-order valence-electron chi connectivity index (χ3n) is 6.47. The number of carbonyl (C=O) groups is 1. The summed E-state index contributed by atoms with van der Waals surface area (Å²) in [6, 6.07) is 10.1. The Bertz CT molecular complexity index is 923. The minimum absolute atomic E-state index is 0.139. The molecule has 1 aromatic heterocycles. The molecule has 1 atom stereocenters. The van der Waals surface area contributed by atoms with E-state index in [1.165, 1.54) is 31.3 Å². The molecule has 2 aromatic rings. The topological polar surface area (TPSA) is 80.7 Å². The van der Waals surface area contributed by atoms with E-state index >= 15 is 0 Å². The first-order valence-electron chi connectivity index (χ1n) is 11.6. The number of aromatic nitrogens is 1. The van der Waals surface area contributed by atoms with Gasteiger partial charge in [-0.15, -0.1) is 0 Å². The molecule has 170 valence electrons. The number of hydroxylamine groups is 1. The van der Waals surface area contributed by atoms with Gasteiger partial charge in [0.2, 0.25) is 0 Å². The number of carboxylic acids is 1. The van der Waals surface area contributed by atoms with Crippen LogP contribution in [-0.2, 0) is 16.1 Å². The maximum atomic E-state index is 10.9. The number of ether oxygens (including phenoxy) is 1. The van der Waals surface area contributed by atoms with Gasteiger partial charge >= 0.3 is 5.97 Å². The Kier molecular flexibility index (Phi) is 7.91. The number of hydrogen-bond donors (Lipinski definition) is 2. The van der Waals surface area contributed by atoms with E-state index in [9.17, 15) is 4.79 Å². The predicted molar refractivity (Wildman–Crippen MR) is 123 cm³/mol. The number of nitrogens with one attached hydrogen (secondary N) is 1. The van der Waals surface area contributed by atoms with Crippen molar-refractivity contribution in [1.82, 2.24) is 10.5 Å². The molecule has 0 aliphatic heterocycles. The van der Waals surface area contributed by atoms with Crippen molar-refractivity contribution in [3.8, 4) is 5.75 Å². The molecule has 2 aliphatic carbocycles. The molecular weight excluding hydrogens is 404 g/mol. The lowest BCUT2D eigenvalue weighted by atomic mass is 9.86. The van der Waals surface area contributed by atoms with E-state index < -0.39 is 5.97 Å². The minimum Gasteiger partial charge on any atom is -0.482 e. The highest BCUT2D eigenvalue weighted by molar-refractivity contribution is 5.73. The molecule has 32 heavy (non-hydrogen) atoms. The molecule has 2 aliphatic rings. The number of benzene rings is 1. The Labute approximate surface area is 189 Å². The number of nitrogens with zero attached hydrogens (tertiary/aromatic N) is 1. The van der Waals surface area contributed by atoms with Gasteiger partial charge < -0.3 is 9.84 Å². The van der Waals surface area contributed by atoms with Crippen molar-refractivity contribution in [3.05, 3.63) is 65.5 Å². The van der Waals surface area contributed by atoms with E-state index in [2.05, 4.69) is 28.7 Å². The average Bonchev–Trinajstić information content (AvgIpc) is 3.33. The van der Waals surface area contributed by atoms with Crippen molar-refractivity contribution in [3.63, 3.8) is 0 Å². The van der Waals surface area contributed by atoms with Gasteiger partial charge in [0.05, 0.1) is 12.6 Å². The second-order valence-corrected chi connectivity index (χ2v) is 8.70. The maximum absolute atomic E-state index is 10.9. The monoisotopic (exact) mass is 436 g/mol. The molecule has 2 N–H and O–H groups in total. The normalized spacial score (nSPS) is 18.4. The molecule has 4 rings (SSSR count). The first-order valence-corrected chi connectivity index (χ1v) is 11.6. The molecule has 1 heterocycles. The summed E-state index contributed by atoms with van der Waals surface area (Å²) in [5.41, 5.74) is 7.91. The first kappa shape index (κ1) is 22.5. The standard InChI is InChI=1S/C26H32N2O4/c29-26(30)18-31-25-12-4-10-22-20(8-3-11-23(22)25)13-15-32-28-24(16-19-6-1-2-7-19)21-9-5-14-27-17-21/h4-5,9-10,12-14,17,19,24,28H,1-3,6-8,11,15-16,18H2,(H,29,30). The number of allylic oxidation sites excluding steroid dienone is 1. The fourth-order valence-electron chi connectivity index (χ4n) is 4.91. The quantitative estimate of drug-likeness (QED) is 0.398. The Morgan fingerprint density at radius 1 is 1.19 bits per heavy atom. The molecule has 1 saturated carbocycles. The summed E-state index contributed by atoms with van der Waals surface area (Å²) in [7, 11) is 0. The molecular formula is C26H32N2O4. The fraction of sp³-hybridized carbons (Fsp3) is 0.462. The Balaban J connectivity index is 1.39. The Hall–Kier alpha value is -2.70. The highest BCUT2D eigenvalue weighted by atomic mass is 16.6. The summed E-state index contributed by atoms with van der Waals surface area (Å²) in [5.74, 6) is 0.446. The molecule has 1 aromatic carbocycles. The van der Waals surface area contributed by atoms with Gasteiger partial charge in [0.1, 0.15) is 5.75 Å².